The van der Waals surface area contributed by atoms with Gasteiger partial charge in [0.2, 0.25) is 10.0 Å². The number of hydrogen-bond acceptors (Lipinski definition) is 4. The first-order valence-corrected chi connectivity index (χ1v) is 7.83. The normalized spacial score (nSPS) is 19.3. The Balaban J connectivity index is 2.05. The molecule has 7 heteroatoms. The third kappa shape index (κ3) is 3.90. The van der Waals surface area contributed by atoms with E-state index in [1.165, 1.54) is 12.1 Å². The molecule has 1 aliphatic rings. The lowest BCUT2D eigenvalue weighted by atomic mass is 9.95. The zero-order valence-electron chi connectivity index (χ0n) is 10.3. The molecule has 0 saturated carbocycles. The summed E-state index contributed by atoms with van der Waals surface area (Å²) in [5, 5.41) is 10.6. The molecule has 0 unspecified atom stereocenters. The minimum Gasteiger partial charge on any atom is -0.388 e. The van der Waals surface area contributed by atoms with Crippen LogP contribution in [0.1, 0.15) is 12.8 Å². The first-order valence-electron chi connectivity index (χ1n) is 5.97. The Morgan fingerprint density at radius 1 is 1.37 bits per heavy atom. The van der Waals surface area contributed by atoms with Crippen molar-refractivity contribution in [1.82, 2.24) is 4.72 Å². The minimum atomic E-state index is -3.66. The number of halogens is 1. The van der Waals surface area contributed by atoms with Gasteiger partial charge in [0, 0.05) is 37.6 Å². The van der Waals surface area contributed by atoms with Crippen molar-refractivity contribution in [2.24, 2.45) is 0 Å². The molecule has 0 spiro atoms. The Labute approximate surface area is 117 Å². The molecular weight excluding hydrogens is 290 g/mol. The van der Waals surface area contributed by atoms with Crippen molar-refractivity contribution in [3.63, 3.8) is 0 Å². The molecule has 2 N–H and O–H groups in total. The third-order valence-electron chi connectivity index (χ3n) is 3.12. The van der Waals surface area contributed by atoms with E-state index in [0.717, 1.165) is 0 Å². The van der Waals surface area contributed by atoms with Gasteiger partial charge in [0.1, 0.15) is 0 Å². The van der Waals surface area contributed by atoms with Crippen LogP contribution < -0.4 is 4.72 Å². The summed E-state index contributed by atoms with van der Waals surface area (Å²) in [4.78, 5) is 0.0932. The van der Waals surface area contributed by atoms with E-state index in [1.807, 2.05) is 0 Å². The third-order valence-corrected chi connectivity index (χ3v) is 4.76. The lowest BCUT2D eigenvalue weighted by Gasteiger charge is -2.31. The highest BCUT2D eigenvalue weighted by Crippen LogP contribution is 2.21. The van der Waals surface area contributed by atoms with E-state index in [0.29, 0.717) is 31.1 Å². The lowest BCUT2D eigenvalue weighted by Crippen LogP contribution is -2.46. The number of ether oxygens (including phenoxy) is 1. The molecule has 19 heavy (non-hydrogen) atoms. The van der Waals surface area contributed by atoms with Gasteiger partial charge in [-0.2, -0.15) is 0 Å². The van der Waals surface area contributed by atoms with Crippen molar-refractivity contribution in [2.45, 2.75) is 23.3 Å². The molecular formula is C12H16ClNO4S. The fraction of sp³-hybridized carbons (Fsp3) is 0.500. The molecule has 1 aromatic rings. The smallest absolute Gasteiger partial charge is 0.240 e. The minimum absolute atomic E-state index is 0.0226. The van der Waals surface area contributed by atoms with Gasteiger partial charge in [-0.05, 0) is 18.2 Å². The summed E-state index contributed by atoms with van der Waals surface area (Å²) in [5.74, 6) is 0. The molecule has 0 aromatic heterocycles. The SMILES string of the molecule is O=S(=O)(NCC1(O)CCOCC1)c1cccc(Cl)c1. The number of nitrogens with one attached hydrogen (secondary N) is 1. The molecule has 1 heterocycles. The molecule has 1 aromatic carbocycles. The van der Waals surface area contributed by atoms with Gasteiger partial charge in [0.05, 0.1) is 10.5 Å². The van der Waals surface area contributed by atoms with Gasteiger partial charge in [-0.3, -0.25) is 0 Å². The molecule has 1 aliphatic heterocycles. The van der Waals surface area contributed by atoms with Crippen molar-refractivity contribution in [3.05, 3.63) is 29.3 Å². The summed E-state index contributed by atoms with van der Waals surface area (Å²) >= 11 is 5.77. The first kappa shape index (κ1) is 14.7. The van der Waals surface area contributed by atoms with Gasteiger partial charge >= 0.3 is 0 Å². The van der Waals surface area contributed by atoms with Crippen LogP contribution in [0.5, 0.6) is 0 Å². The van der Waals surface area contributed by atoms with E-state index in [2.05, 4.69) is 4.72 Å². The average molecular weight is 306 g/mol. The molecule has 1 fully saturated rings. The van der Waals surface area contributed by atoms with Crippen molar-refractivity contribution in [3.8, 4) is 0 Å². The van der Waals surface area contributed by atoms with Crippen LogP contribution in [-0.2, 0) is 14.8 Å². The zero-order chi connectivity index (χ0) is 13.9. The van der Waals surface area contributed by atoms with Crippen molar-refractivity contribution >= 4 is 21.6 Å². The second kappa shape index (κ2) is 5.76. The molecule has 0 atom stereocenters. The number of hydrogen-bond donors (Lipinski definition) is 2. The Hall–Kier alpha value is -0.660. The van der Waals surface area contributed by atoms with Crippen LogP contribution in [0.2, 0.25) is 5.02 Å². The van der Waals surface area contributed by atoms with E-state index >= 15 is 0 Å². The highest BCUT2D eigenvalue weighted by atomic mass is 35.5. The number of benzene rings is 1. The predicted octanol–water partition coefficient (Wildman–Crippen LogP) is 1.16. The van der Waals surface area contributed by atoms with Gasteiger partial charge in [-0.15, -0.1) is 0 Å². The Kier molecular flexibility index (Phi) is 4.47. The van der Waals surface area contributed by atoms with Crippen LogP contribution in [-0.4, -0.2) is 38.9 Å². The van der Waals surface area contributed by atoms with Gasteiger partial charge in [-0.25, -0.2) is 13.1 Å². The van der Waals surface area contributed by atoms with Crippen LogP contribution in [0.15, 0.2) is 29.2 Å². The standard InChI is InChI=1S/C12H16ClNO4S/c13-10-2-1-3-11(8-10)19(16,17)14-9-12(15)4-6-18-7-5-12/h1-3,8,14-15H,4-7,9H2. The second-order valence-electron chi connectivity index (χ2n) is 4.62. The van der Waals surface area contributed by atoms with Crippen LogP contribution in [0, 0.1) is 0 Å². The van der Waals surface area contributed by atoms with Gasteiger partial charge in [-0.1, -0.05) is 17.7 Å². The lowest BCUT2D eigenvalue weighted by molar-refractivity contribution is -0.0588. The van der Waals surface area contributed by atoms with Crippen LogP contribution in [0.25, 0.3) is 0 Å². The van der Waals surface area contributed by atoms with Crippen LogP contribution in [0.3, 0.4) is 0 Å². The highest BCUT2D eigenvalue weighted by molar-refractivity contribution is 7.89. The Morgan fingerprint density at radius 3 is 2.68 bits per heavy atom. The van der Waals surface area contributed by atoms with Gasteiger partial charge < -0.3 is 9.84 Å². The number of aliphatic hydroxyl groups is 1. The Morgan fingerprint density at radius 2 is 2.05 bits per heavy atom. The summed E-state index contributed by atoms with van der Waals surface area (Å²) in [5.41, 5.74) is -1.04. The van der Waals surface area contributed by atoms with Crippen molar-refractivity contribution < 1.29 is 18.3 Å². The molecule has 0 amide bonds. The number of rotatable bonds is 4. The van der Waals surface area contributed by atoms with Crippen molar-refractivity contribution in [1.29, 1.82) is 0 Å². The monoisotopic (exact) mass is 305 g/mol. The quantitative estimate of drug-likeness (QED) is 0.875. The van der Waals surface area contributed by atoms with Crippen molar-refractivity contribution in [2.75, 3.05) is 19.8 Å². The fourth-order valence-corrected chi connectivity index (χ4v) is 3.30. The second-order valence-corrected chi connectivity index (χ2v) is 6.82. The summed E-state index contributed by atoms with van der Waals surface area (Å²) in [6.07, 6.45) is 0.843. The van der Waals surface area contributed by atoms with Gasteiger partial charge in [0.15, 0.2) is 0 Å². The average Bonchev–Trinajstić information content (AvgIpc) is 2.38. The van der Waals surface area contributed by atoms with E-state index in [-0.39, 0.29) is 11.4 Å². The molecule has 0 aliphatic carbocycles. The van der Waals surface area contributed by atoms with Crippen LogP contribution in [0.4, 0.5) is 0 Å². The summed E-state index contributed by atoms with van der Waals surface area (Å²) in [6, 6.07) is 6.01. The largest absolute Gasteiger partial charge is 0.388 e. The molecule has 0 bridgehead atoms. The highest BCUT2D eigenvalue weighted by Gasteiger charge is 2.31. The van der Waals surface area contributed by atoms with E-state index in [1.54, 1.807) is 12.1 Å². The van der Waals surface area contributed by atoms with Crippen LogP contribution >= 0.6 is 11.6 Å². The first-order chi connectivity index (χ1) is 8.91. The maximum Gasteiger partial charge on any atom is 0.240 e. The molecule has 2 rings (SSSR count). The maximum absolute atomic E-state index is 12.1. The zero-order valence-corrected chi connectivity index (χ0v) is 11.9. The summed E-state index contributed by atoms with van der Waals surface area (Å²) in [6.45, 7) is 0.857. The fourth-order valence-electron chi connectivity index (χ4n) is 1.87. The summed E-state index contributed by atoms with van der Waals surface area (Å²) < 4.78 is 31.7. The Bertz CT molecular complexity index is 540. The van der Waals surface area contributed by atoms with Gasteiger partial charge in [0.25, 0.3) is 0 Å². The van der Waals surface area contributed by atoms with E-state index in [9.17, 15) is 13.5 Å². The predicted molar refractivity (Wildman–Crippen MR) is 71.6 cm³/mol. The molecule has 1 saturated heterocycles. The molecule has 0 radical (unpaired) electrons. The maximum atomic E-state index is 12.1. The topological polar surface area (TPSA) is 75.6 Å². The summed E-state index contributed by atoms with van der Waals surface area (Å²) in [7, 11) is -3.66. The molecule has 5 nitrogen and oxygen atoms in total. The molecule has 106 valence electrons. The van der Waals surface area contributed by atoms with E-state index in [4.69, 9.17) is 16.3 Å². The number of sulfonamides is 1. The van der Waals surface area contributed by atoms with E-state index < -0.39 is 15.6 Å².